The summed E-state index contributed by atoms with van der Waals surface area (Å²) in [4.78, 5) is 51.4. The van der Waals surface area contributed by atoms with Crippen LogP contribution < -0.4 is 11.0 Å². The monoisotopic (exact) mass is 496 g/mol. The van der Waals surface area contributed by atoms with Crippen molar-refractivity contribution in [3.8, 4) is 0 Å². The summed E-state index contributed by atoms with van der Waals surface area (Å²) >= 11 is 0.808. The molecule has 0 bridgehead atoms. The highest BCUT2D eigenvalue weighted by Crippen LogP contribution is 2.31. The summed E-state index contributed by atoms with van der Waals surface area (Å²) in [5.41, 5.74) is 2.09. The first-order valence-electron chi connectivity index (χ1n) is 11.3. The average molecular weight is 497 g/mol. The van der Waals surface area contributed by atoms with E-state index in [2.05, 4.69) is 5.32 Å². The molecule has 8 nitrogen and oxygen atoms in total. The Labute approximate surface area is 205 Å². The molecule has 35 heavy (non-hydrogen) atoms. The Morgan fingerprint density at radius 2 is 1.63 bits per heavy atom. The molecule has 2 heterocycles. The van der Waals surface area contributed by atoms with Gasteiger partial charge in [-0.25, -0.2) is 9.18 Å². The molecule has 0 spiro atoms. The number of para-hydroxylation sites is 2. The first-order chi connectivity index (χ1) is 16.9. The SMILES string of the molecule is CCCn1c(=O)n(CCC(=O)NCCN2C(=O)S/C(=C\c3ccc(F)cc3)C2=O)c2ccccc21. The number of aryl methyl sites for hydroxylation is 2. The zero-order valence-electron chi connectivity index (χ0n) is 19.2. The number of hydrogen-bond acceptors (Lipinski definition) is 5. The van der Waals surface area contributed by atoms with Gasteiger partial charge in [0.25, 0.3) is 11.1 Å². The zero-order chi connectivity index (χ0) is 24.9. The molecule has 4 rings (SSSR count). The smallest absolute Gasteiger partial charge is 0.329 e. The van der Waals surface area contributed by atoms with Crippen molar-refractivity contribution in [2.75, 3.05) is 13.1 Å². The fraction of sp³-hybridized carbons (Fsp3) is 0.280. The Hall–Kier alpha value is -3.66. The lowest BCUT2D eigenvalue weighted by Gasteiger charge is -2.13. The molecule has 3 amide bonds. The molecular weight excluding hydrogens is 471 g/mol. The van der Waals surface area contributed by atoms with Gasteiger partial charge in [0, 0.05) is 32.6 Å². The molecule has 182 valence electrons. The number of hydrogen-bond donors (Lipinski definition) is 1. The molecule has 0 saturated carbocycles. The van der Waals surface area contributed by atoms with Gasteiger partial charge in [0.05, 0.1) is 15.9 Å². The second-order valence-corrected chi connectivity index (χ2v) is 9.05. The summed E-state index contributed by atoms with van der Waals surface area (Å²) < 4.78 is 16.4. The molecule has 3 aromatic rings. The van der Waals surface area contributed by atoms with Gasteiger partial charge in [-0.3, -0.25) is 28.4 Å². The van der Waals surface area contributed by atoms with E-state index in [-0.39, 0.29) is 48.4 Å². The van der Waals surface area contributed by atoms with Gasteiger partial charge in [0.15, 0.2) is 0 Å². The molecule has 0 unspecified atom stereocenters. The first-order valence-corrected chi connectivity index (χ1v) is 12.2. The number of amides is 3. The van der Waals surface area contributed by atoms with Crippen molar-refractivity contribution in [2.45, 2.75) is 32.9 Å². The van der Waals surface area contributed by atoms with E-state index in [9.17, 15) is 23.6 Å². The number of imide groups is 1. The maximum absolute atomic E-state index is 13.1. The molecule has 1 aliphatic heterocycles. The maximum Gasteiger partial charge on any atom is 0.329 e. The minimum absolute atomic E-state index is 0.0346. The number of benzene rings is 2. The van der Waals surface area contributed by atoms with Crippen LogP contribution in [0.2, 0.25) is 0 Å². The van der Waals surface area contributed by atoms with E-state index in [4.69, 9.17) is 0 Å². The highest BCUT2D eigenvalue weighted by molar-refractivity contribution is 8.18. The van der Waals surface area contributed by atoms with E-state index in [1.807, 2.05) is 31.2 Å². The van der Waals surface area contributed by atoms with Crippen LogP contribution in [-0.2, 0) is 22.7 Å². The van der Waals surface area contributed by atoms with Crippen LogP contribution in [-0.4, -0.2) is 44.2 Å². The number of carbonyl (C=O) groups excluding carboxylic acids is 3. The van der Waals surface area contributed by atoms with Crippen LogP contribution in [0.4, 0.5) is 9.18 Å². The van der Waals surface area contributed by atoms with Gasteiger partial charge in [-0.1, -0.05) is 31.2 Å². The third-order valence-electron chi connectivity index (χ3n) is 5.63. The van der Waals surface area contributed by atoms with Gasteiger partial charge >= 0.3 is 5.69 Å². The van der Waals surface area contributed by atoms with Crippen LogP contribution in [0.5, 0.6) is 0 Å². The summed E-state index contributed by atoms with van der Waals surface area (Å²) in [6.45, 7) is 2.97. The van der Waals surface area contributed by atoms with Crippen LogP contribution in [0.25, 0.3) is 17.1 Å². The van der Waals surface area contributed by atoms with Crippen molar-refractivity contribution in [3.63, 3.8) is 0 Å². The quantitative estimate of drug-likeness (QED) is 0.457. The molecule has 0 aliphatic carbocycles. The Morgan fingerprint density at radius 3 is 2.29 bits per heavy atom. The number of imidazole rings is 1. The van der Waals surface area contributed by atoms with Crippen molar-refractivity contribution in [2.24, 2.45) is 0 Å². The number of carbonyl (C=O) groups is 3. The molecule has 1 aromatic heterocycles. The molecular formula is C25H25FN4O4S. The number of rotatable bonds is 9. The third-order valence-corrected chi connectivity index (χ3v) is 6.54. The zero-order valence-corrected chi connectivity index (χ0v) is 20.0. The predicted octanol–water partition coefficient (Wildman–Crippen LogP) is 3.59. The van der Waals surface area contributed by atoms with E-state index in [0.717, 1.165) is 34.1 Å². The van der Waals surface area contributed by atoms with Crippen molar-refractivity contribution >= 4 is 45.9 Å². The number of aromatic nitrogens is 2. The largest absolute Gasteiger partial charge is 0.354 e. The average Bonchev–Trinajstić information content (AvgIpc) is 3.27. The van der Waals surface area contributed by atoms with Crippen molar-refractivity contribution in [3.05, 3.63) is 75.3 Å². The van der Waals surface area contributed by atoms with Crippen molar-refractivity contribution in [1.29, 1.82) is 0 Å². The lowest BCUT2D eigenvalue weighted by Crippen LogP contribution is -2.37. The van der Waals surface area contributed by atoms with Crippen LogP contribution >= 0.6 is 11.8 Å². The lowest BCUT2D eigenvalue weighted by atomic mass is 10.2. The molecule has 1 aliphatic rings. The summed E-state index contributed by atoms with van der Waals surface area (Å²) in [5.74, 6) is -1.12. The summed E-state index contributed by atoms with van der Waals surface area (Å²) in [7, 11) is 0. The minimum atomic E-state index is -0.450. The van der Waals surface area contributed by atoms with E-state index >= 15 is 0 Å². The number of nitrogens with one attached hydrogen (secondary N) is 1. The Morgan fingerprint density at radius 1 is 0.971 bits per heavy atom. The van der Waals surface area contributed by atoms with Crippen molar-refractivity contribution < 1.29 is 18.8 Å². The molecule has 1 N–H and O–H groups in total. The molecule has 0 atom stereocenters. The standard InChI is InChI=1S/C25H25FN4O4S/c1-2-13-28-19-5-3-4-6-20(19)29(24(28)33)14-11-22(31)27-12-15-30-23(32)21(35-25(30)34)16-17-7-9-18(26)10-8-17/h3-10,16H,2,11-15H2,1H3,(H,27,31)/b21-16-. The predicted molar refractivity (Wildman–Crippen MR) is 133 cm³/mol. The van der Waals surface area contributed by atoms with Gasteiger partial charge in [-0.2, -0.15) is 0 Å². The Kier molecular flexibility index (Phi) is 7.50. The van der Waals surface area contributed by atoms with Crippen LogP contribution in [0, 0.1) is 5.82 Å². The second-order valence-electron chi connectivity index (χ2n) is 8.06. The third kappa shape index (κ3) is 5.37. The first kappa shape index (κ1) is 24.5. The highest BCUT2D eigenvalue weighted by Gasteiger charge is 2.34. The molecule has 2 aromatic carbocycles. The number of halogens is 1. The molecule has 1 fully saturated rings. The molecule has 1 saturated heterocycles. The summed E-state index contributed by atoms with van der Waals surface area (Å²) in [5, 5.41) is 2.29. The fourth-order valence-electron chi connectivity index (χ4n) is 3.94. The Balaban J connectivity index is 1.32. The number of thioether (sulfide) groups is 1. The van der Waals surface area contributed by atoms with Crippen LogP contribution in [0.1, 0.15) is 25.3 Å². The van der Waals surface area contributed by atoms with Gasteiger partial charge < -0.3 is 5.32 Å². The van der Waals surface area contributed by atoms with Crippen LogP contribution in [0.3, 0.4) is 0 Å². The maximum atomic E-state index is 13.1. The minimum Gasteiger partial charge on any atom is -0.354 e. The topological polar surface area (TPSA) is 93.4 Å². The Bertz CT molecular complexity index is 1360. The number of fused-ring (bicyclic) bond motifs is 1. The van der Waals surface area contributed by atoms with E-state index in [1.165, 1.54) is 30.3 Å². The molecule has 0 radical (unpaired) electrons. The van der Waals surface area contributed by atoms with Gasteiger partial charge in [-0.05, 0) is 54.1 Å². The van der Waals surface area contributed by atoms with E-state index < -0.39 is 11.1 Å². The number of nitrogens with zero attached hydrogens (tertiary/aromatic N) is 3. The van der Waals surface area contributed by atoms with E-state index in [0.29, 0.717) is 12.1 Å². The normalized spacial score (nSPS) is 14.9. The summed E-state index contributed by atoms with van der Waals surface area (Å²) in [6, 6.07) is 13.1. The summed E-state index contributed by atoms with van der Waals surface area (Å²) in [6.07, 6.45) is 2.45. The van der Waals surface area contributed by atoms with Gasteiger partial charge in [0.2, 0.25) is 5.91 Å². The highest BCUT2D eigenvalue weighted by atomic mass is 32.2. The van der Waals surface area contributed by atoms with Gasteiger partial charge in [0.1, 0.15) is 5.82 Å². The van der Waals surface area contributed by atoms with Crippen molar-refractivity contribution in [1.82, 2.24) is 19.4 Å². The van der Waals surface area contributed by atoms with Gasteiger partial charge in [-0.15, -0.1) is 0 Å². The van der Waals surface area contributed by atoms with E-state index in [1.54, 1.807) is 9.13 Å². The molecule has 10 heteroatoms. The second kappa shape index (κ2) is 10.7. The fourth-order valence-corrected chi connectivity index (χ4v) is 4.81. The van der Waals surface area contributed by atoms with Crippen LogP contribution in [0.15, 0.2) is 58.2 Å². The lowest BCUT2D eigenvalue weighted by molar-refractivity contribution is -0.124.